The lowest BCUT2D eigenvalue weighted by Gasteiger charge is -2.07. The summed E-state index contributed by atoms with van der Waals surface area (Å²) in [6, 6.07) is 28.2. The lowest BCUT2D eigenvalue weighted by atomic mass is 9.96. The Morgan fingerprint density at radius 1 is 0.588 bits per heavy atom. The molecule has 0 fully saturated rings. The highest BCUT2D eigenvalue weighted by atomic mass is 16.7. The van der Waals surface area contributed by atoms with Gasteiger partial charge in [-0.25, -0.2) is 0 Å². The molecule has 4 aromatic carbocycles. The monoisotopic (exact) mass is 450 g/mol. The van der Waals surface area contributed by atoms with Gasteiger partial charge in [0.05, 0.1) is 14.2 Å². The lowest BCUT2D eigenvalue weighted by molar-refractivity contribution is 0.174. The van der Waals surface area contributed by atoms with Crippen molar-refractivity contribution in [2.45, 2.75) is 0 Å². The minimum Gasteiger partial charge on any atom is -0.497 e. The second kappa shape index (κ2) is 8.19. The first kappa shape index (κ1) is 20.2. The van der Waals surface area contributed by atoms with E-state index in [1.165, 1.54) is 0 Å². The first-order valence-corrected chi connectivity index (χ1v) is 11.0. The number of methoxy groups -OCH3 is 2. The first-order chi connectivity index (χ1) is 16.7. The molecule has 1 aliphatic heterocycles. The van der Waals surface area contributed by atoms with Gasteiger partial charge in [-0.1, -0.05) is 24.3 Å². The van der Waals surface area contributed by atoms with Crippen molar-refractivity contribution in [2.75, 3.05) is 21.0 Å². The van der Waals surface area contributed by atoms with Crippen molar-refractivity contribution < 1.29 is 23.4 Å². The smallest absolute Gasteiger partial charge is 0.231 e. The standard InChI is InChI=1S/C29H22O5/c1-30-22-9-3-18(4-10-22)20-7-13-25-24(15-20)28(21-8-14-26-27(16-21)33-17-32-26)29(34-25)19-5-11-23(31-2)12-6-19/h3-16H,17H2,1-2H3. The Kier molecular flexibility index (Phi) is 4.88. The zero-order chi connectivity index (χ0) is 23.1. The maximum Gasteiger partial charge on any atom is 0.231 e. The van der Waals surface area contributed by atoms with Crippen LogP contribution in [0.4, 0.5) is 0 Å². The summed E-state index contributed by atoms with van der Waals surface area (Å²) in [4.78, 5) is 0. The molecule has 2 heterocycles. The predicted octanol–water partition coefficient (Wildman–Crippen LogP) is 7.18. The largest absolute Gasteiger partial charge is 0.497 e. The molecule has 0 radical (unpaired) electrons. The van der Waals surface area contributed by atoms with Crippen LogP contribution in [-0.2, 0) is 0 Å². The number of hydrogen-bond acceptors (Lipinski definition) is 5. The van der Waals surface area contributed by atoms with Crippen molar-refractivity contribution in [2.24, 2.45) is 0 Å². The van der Waals surface area contributed by atoms with Crippen molar-refractivity contribution in [1.29, 1.82) is 0 Å². The Morgan fingerprint density at radius 3 is 1.91 bits per heavy atom. The molecule has 5 aromatic rings. The second-order valence-corrected chi connectivity index (χ2v) is 8.04. The average molecular weight is 450 g/mol. The van der Waals surface area contributed by atoms with Crippen LogP contribution in [0.1, 0.15) is 0 Å². The predicted molar refractivity (Wildman–Crippen MR) is 132 cm³/mol. The molecule has 0 unspecified atom stereocenters. The van der Waals surface area contributed by atoms with Crippen LogP contribution in [0.25, 0.3) is 44.5 Å². The number of furan rings is 1. The van der Waals surface area contributed by atoms with Crippen LogP contribution in [0.5, 0.6) is 23.0 Å². The molecule has 0 saturated carbocycles. The van der Waals surface area contributed by atoms with Crippen molar-refractivity contribution in [1.82, 2.24) is 0 Å². The molecule has 6 rings (SSSR count). The third-order valence-electron chi connectivity index (χ3n) is 6.12. The van der Waals surface area contributed by atoms with Gasteiger partial charge in [-0.2, -0.15) is 0 Å². The van der Waals surface area contributed by atoms with E-state index in [-0.39, 0.29) is 6.79 Å². The molecule has 5 heteroatoms. The molecule has 0 atom stereocenters. The number of benzene rings is 4. The van der Waals surface area contributed by atoms with Crippen LogP contribution < -0.4 is 18.9 Å². The summed E-state index contributed by atoms with van der Waals surface area (Å²) < 4.78 is 28.3. The Labute approximate surface area is 197 Å². The zero-order valence-electron chi connectivity index (χ0n) is 18.8. The Hall–Kier alpha value is -4.38. The zero-order valence-corrected chi connectivity index (χ0v) is 18.8. The third kappa shape index (κ3) is 3.42. The van der Waals surface area contributed by atoms with Gasteiger partial charge in [0.25, 0.3) is 0 Å². The summed E-state index contributed by atoms with van der Waals surface area (Å²) in [5.41, 5.74) is 5.99. The van der Waals surface area contributed by atoms with Gasteiger partial charge in [-0.3, -0.25) is 0 Å². The maximum atomic E-state index is 6.43. The van der Waals surface area contributed by atoms with E-state index in [4.69, 9.17) is 23.4 Å². The van der Waals surface area contributed by atoms with Crippen LogP contribution in [-0.4, -0.2) is 21.0 Å². The molecule has 0 saturated heterocycles. The molecule has 0 amide bonds. The van der Waals surface area contributed by atoms with Crippen LogP contribution in [0, 0.1) is 0 Å². The maximum absolute atomic E-state index is 6.43. The lowest BCUT2D eigenvalue weighted by Crippen LogP contribution is -1.92. The first-order valence-electron chi connectivity index (χ1n) is 11.0. The topological polar surface area (TPSA) is 50.1 Å². The fraction of sp³-hybridized carbons (Fsp3) is 0.103. The molecule has 34 heavy (non-hydrogen) atoms. The number of rotatable bonds is 5. The molecule has 1 aliphatic rings. The normalized spacial score (nSPS) is 12.2. The highest BCUT2D eigenvalue weighted by Crippen LogP contribution is 2.45. The van der Waals surface area contributed by atoms with Gasteiger partial charge in [0, 0.05) is 16.5 Å². The van der Waals surface area contributed by atoms with E-state index in [0.29, 0.717) is 0 Å². The molecular weight excluding hydrogens is 428 g/mol. The quantitative estimate of drug-likeness (QED) is 0.284. The van der Waals surface area contributed by atoms with Crippen molar-refractivity contribution in [3.63, 3.8) is 0 Å². The Morgan fingerprint density at radius 2 is 1.21 bits per heavy atom. The van der Waals surface area contributed by atoms with Gasteiger partial charge in [-0.15, -0.1) is 0 Å². The van der Waals surface area contributed by atoms with E-state index in [9.17, 15) is 0 Å². The van der Waals surface area contributed by atoms with Gasteiger partial charge in [0.2, 0.25) is 6.79 Å². The van der Waals surface area contributed by atoms with Crippen LogP contribution in [0.2, 0.25) is 0 Å². The summed E-state index contributed by atoms with van der Waals surface area (Å²) >= 11 is 0. The van der Waals surface area contributed by atoms with E-state index in [1.54, 1.807) is 14.2 Å². The van der Waals surface area contributed by atoms with Gasteiger partial charge >= 0.3 is 0 Å². The van der Waals surface area contributed by atoms with Gasteiger partial charge in [0.1, 0.15) is 22.8 Å². The van der Waals surface area contributed by atoms with Crippen LogP contribution in [0.3, 0.4) is 0 Å². The van der Waals surface area contributed by atoms with E-state index in [1.807, 2.05) is 60.7 Å². The number of hydrogen-bond donors (Lipinski definition) is 0. The Balaban J connectivity index is 1.56. The van der Waals surface area contributed by atoms with E-state index in [0.717, 1.165) is 67.5 Å². The van der Waals surface area contributed by atoms with Gasteiger partial charge in [-0.05, 0) is 77.4 Å². The molecule has 0 N–H and O–H groups in total. The summed E-state index contributed by atoms with van der Waals surface area (Å²) in [6.07, 6.45) is 0. The van der Waals surface area contributed by atoms with E-state index < -0.39 is 0 Å². The molecule has 5 nitrogen and oxygen atoms in total. The summed E-state index contributed by atoms with van der Waals surface area (Å²) in [5.74, 6) is 3.91. The average Bonchev–Trinajstić information content (AvgIpc) is 3.52. The molecule has 168 valence electrons. The summed E-state index contributed by atoms with van der Waals surface area (Å²) in [7, 11) is 3.33. The molecule has 1 aromatic heterocycles. The minimum absolute atomic E-state index is 0.234. The van der Waals surface area contributed by atoms with Crippen LogP contribution >= 0.6 is 0 Å². The fourth-order valence-electron chi connectivity index (χ4n) is 4.34. The SMILES string of the molecule is COc1ccc(-c2ccc3oc(-c4ccc(OC)cc4)c(-c4ccc5c(c4)OCO5)c3c2)cc1. The summed E-state index contributed by atoms with van der Waals surface area (Å²) in [6.45, 7) is 0.234. The van der Waals surface area contributed by atoms with Crippen molar-refractivity contribution in [3.8, 4) is 56.6 Å². The number of fused-ring (bicyclic) bond motifs is 2. The van der Waals surface area contributed by atoms with Crippen LogP contribution in [0.15, 0.2) is 89.3 Å². The fourth-order valence-corrected chi connectivity index (χ4v) is 4.34. The Bertz CT molecular complexity index is 1480. The molecular formula is C29H22O5. The van der Waals surface area contributed by atoms with E-state index >= 15 is 0 Å². The van der Waals surface area contributed by atoms with Gasteiger partial charge < -0.3 is 23.4 Å². The number of ether oxygens (including phenoxy) is 4. The highest BCUT2D eigenvalue weighted by Gasteiger charge is 2.21. The van der Waals surface area contributed by atoms with E-state index in [2.05, 4.69) is 24.3 Å². The summed E-state index contributed by atoms with van der Waals surface area (Å²) in [5, 5.41) is 1.03. The minimum atomic E-state index is 0.234. The second-order valence-electron chi connectivity index (χ2n) is 8.04. The van der Waals surface area contributed by atoms with Crippen molar-refractivity contribution >= 4 is 11.0 Å². The molecule has 0 bridgehead atoms. The highest BCUT2D eigenvalue weighted by molar-refractivity contribution is 6.03. The van der Waals surface area contributed by atoms with Gasteiger partial charge in [0.15, 0.2) is 11.5 Å². The third-order valence-corrected chi connectivity index (χ3v) is 6.12. The molecule has 0 spiro atoms. The molecule has 0 aliphatic carbocycles. The van der Waals surface area contributed by atoms with Crippen molar-refractivity contribution in [3.05, 3.63) is 84.9 Å².